The van der Waals surface area contributed by atoms with Gasteiger partial charge >= 0.3 is 0 Å². The van der Waals surface area contributed by atoms with Crippen molar-refractivity contribution >= 4 is 5.69 Å². The summed E-state index contributed by atoms with van der Waals surface area (Å²) in [6.07, 6.45) is 2.63. The number of hydrogen-bond donors (Lipinski definition) is 1. The van der Waals surface area contributed by atoms with Crippen molar-refractivity contribution in [2.24, 2.45) is 5.92 Å². The molecule has 0 spiro atoms. The third-order valence-corrected chi connectivity index (χ3v) is 4.06. The van der Waals surface area contributed by atoms with E-state index < -0.39 is 0 Å². The zero-order valence-electron chi connectivity index (χ0n) is 13.1. The molecule has 2 nitrogen and oxygen atoms in total. The molecule has 0 radical (unpaired) electrons. The summed E-state index contributed by atoms with van der Waals surface area (Å²) in [6.45, 7) is 10.4. The predicted octanol–water partition coefficient (Wildman–Crippen LogP) is 4.12. The number of nitrogens with zero attached hydrogens (tertiary/aromatic N) is 1. The summed E-state index contributed by atoms with van der Waals surface area (Å²) in [7, 11) is 0. The number of anilines is 1. The fraction of sp³-hybridized carbons (Fsp3) is 0.647. The van der Waals surface area contributed by atoms with Gasteiger partial charge < -0.3 is 10.2 Å². The molecule has 0 heterocycles. The molecule has 1 aliphatic carbocycles. The van der Waals surface area contributed by atoms with Crippen LogP contribution < -0.4 is 10.2 Å². The molecular weight excluding hydrogens is 251 g/mol. The molecule has 1 fully saturated rings. The highest BCUT2D eigenvalue weighted by Crippen LogP contribution is 2.35. The lowest BCUT2D eigenvalue weighted by Crippen LogP contribution is -2.35. The normalized spacial score (nSPS) is 16.5. The van der Waals surface area contributed by atoms with Crippen molar-refractivity contribution in [2.45, 2.75) is 52.6 Å². The van der Waals surface area contributed by atoms with Crippen LogP contribution in [0, 0.1) is 11.7 Å². The minimum Gasteiger partial charge on any atom is -0.368 e. The Morgan fingerprint density at radius 3 is 2.55 bits per heavy atom. The molecule has 1 aliphatic rings. The minimum atomic E-state index is -0.0996. The van der Waals surface area contributed by atoms with Crippen LogP contribution in [0.4, 0.5) is 10.1 Å². The number of halogens is 1. The van der Waals surface area contributed by atoms with Crippen molar-refractivity contribution in [3.63, 3.8) is 0 Å². The van der Waals surface area contributed by atoms with Crippen LogP contribution in [-0.2, 0) is 0 Å². The Bertz CT molecular complexity index is 441. The summed E-state index contributed by atoms with van der Waals surface area (Å²) in [5.74, 6) is 0.695. The van der Waals surface area contributed by atoms with Gasteiger partial charge in [-0.1, -0.05) is 13.0 Å². The van der Waals surface area contributed by atoms with Gasteiger partial charge in [-0.3, -0.25) is 0 Å². The van der Waals surface area contributed by atoms with Crippen LogP contribution in [0.15, 0.2) is 18.2 Å². The summed E-state index contributed by atoms with van der Waals surface area (Å²) in [4.78, 5) is 2.37. The average Bonchev–Trinajstić information content (AvgIpc) is 3.19. The molecule has 1 aromatic rings. The smallest absolute Gasteiger partial charge is 0.130 e. The van der Waals surface area contributed by atoms with E-state index in [2.05, 4.69) is 37.1 Å². The van der Waals surface area contributed by atoms with E-state index in [1.165, 1.54) is 12.8 Å². The van der Waals surface area contributed by atoms with Crippen LogP contribution in [0.3, 0.4) is 0 Å². The summed E-state index contributed by atoms with van der Waals surface area (Å²) in [5.41, 5.74) is 1.86. The van der Waals surface area contributed by atoms with Gasteiger partial charge in [0.25, 0.3) is 0 Å². The Labute approximate surface area is 122 Å². The molecule has 3 heteroatoms. The van der Waals surface area contributed by atoms with Gasteiger partial charge in [0.15, 0.2) is 0 Å². The zero-order chi connectivity index (χ0) is 14.7. The van der Waals surface area contributed by atoms with E-state index in [4.69, 9.17) is 0 Å². The van der Waals surface area contributed by atoms with Crippen molar-refractivity contribution < 1.29 is 4.39 Å². The second-order valence-electron chi connectivity index (χ2n) is 6.14. The maximum atomic E-state index is 14.3. The van der Waals surface area contributed by atoms with Crippen LogP contribution in [0.2, 0.25) is 0 Å². The summed E-state index contributed by atoms with van der Waals surface area (Å²) >= 11 is 0. The zero-order valence-corrected chi connectivity index (χ0v) is 13.1. The van der Waals surface area contributed by atoms with Gasteiger partial charge in [0.2, 0.25) is 0 Å². The second kappa shape index (κ2) is 6.57. The molecule has 1 aromatic carbocycles. The maximum absolute atomic E-state index is 14.3. The highest BCUT2D eigenvalue weighted by atomic mass is 19.1. The average molecular weight is 278 g/mol. The Morgan fingerprint density at radius 2 is 2.00 bits per heavy atom. The Balaban J connectivity index is 2.34. The van der Waals surface area contributed by atoms with Crippen LogP contribution in [0.5, 0.6) is 0 Å². The van der Waals surface area contributed by atoms with E-state index in [0.717, 1.165) is 30.3 Å². The number of rotatable bonds is 7. The Kier molecular flexibility index (Phi) is 5.03. The summed E-state index contributed by atoms with van der Waals surface area (Å²) < 4.78 is 14.3. The van der Waals surface area contributed by atoms with E-state index in [9.17, 15) is 4.39 Å². The highest BCUT2D eigenvalue weighted by Gasteiger charge is 2.28. The molecular formula is C17H27FN2. The van der Waals surface area contributed by atoms with Gasteiger partial charge in [-0.15, -0.1) is 0 Å². The molecule has 2 rings (SSSR count). The van der Waals surface area contributed by atoms with Crippen LogP contribution in [0.25, 0.3) is 0 Å². The van der Waals surface area contributed by atoms with Gasteiger partial charge in [-0.25, -0.2) is 4.39 Å². The molecule has 0 amide bonds. The minimum absolute atomic E-state index is 0.0386. The molecule has 0 bridgehead atoms. The number of nitrogens with one attached hydrogen (secondary N) is 1. The van der Waals surface area contributed by atoms with E-state index >= 15 is 0 Å². The molecule has 0 aromatic heterocycles. The largest absolute Gasteiger partial charge is 0.368 e. The van der Waals surface area contributed by atoms with E-state index in [-0.39, 0.29) is 11.9 Å². The predicted molar refractivity (Wildman–Crippen MR) is 83.7 cm³/mol. The second-order valence-corrected chi connectivity index (χ2v) is 6.14. The van der Waals surface area contributed by atoms with Gasteiger partial charge in [0, 0.05) is 29.9 Å². The molecule has 0 aliphatic heterocycles. The Morgan fingerprint density at radius 1 is 1.30 bits per heavy atom. The molecule has 20 heavy (non-hydrogen) atoms. The van der Waals surface area contributed by atoms with E-state index in [1.807, 2.05) is 13.0 Å². The Hall–Kier alpha value is -1.09. The van der Waals surface area contributed by atoms with Crippen molar-refractivity contribution in [2.75, 3.05) is 18.0 Å². The topological polar surface area (TPSA) is 15.3 Å². The van der Waals surface area contributed by atoms with Crippen LogP contribution in [0.1, 0.15) is 52.1 Å². The molecule has 1 saturated carbocycles. The standard InChI is InChI=1S/C17H27FN2/c1-5-19-13(4)17-15(18)7-6-8-16(17)20(12(2)3)11-14-9-10-14/h6-8,12-14,19H,5,9-11H2,1-4H3. The first-order valence-electron chi connectivity index (χ1n) is 7.83. The van der Waals surface area contributed by atoms with Crippen molar-refractivity contribution in [3.05, 3.63) is 29.6 Å². The third kappa shape index (κ3) is 3.51. The summed E-state index contributed by atoms with van der Waals surface area (Å²) in [6, 6.07) is 5.90. The quantitative estimate of drug-likeness (QED) is 0.807. The maximum Gasteiger partial charge on any atom is 0.130 e. The molecule has 1 N–H and O–H groups in total. The lowest BCUT2D eigenvalue weighted by Gasteiger charge is -2.32. The number of benzene rings is 1. The lowest BCUT2D eigenvalue weighted by atomic mass is 10.0. The molecule has 1 atom stereocenters. The first kappa shape index (κ1) is 15.3. The molecule has 112 valence electrons. The lowest BCUT2D eigenvalue weighted by molar-refractivity contribution is 0.534. The first-order valence-corrected chi connectivity index (χ1v) is 7.83. The molecule has 0 saturated heterocycles. The highest BCUT2D eigenvalue weighted by molar-refractivity contribution is 5.56. The fourth-order valence-corrected chi connectivity index (χ4v) is 2.78. The van der Waals surface area contributed by atoms with Gasteiger partial charge in [0.1, 0.15) is 5.82 Å². The van der Waals surface area contributed by atoms with Crippen LogP contribution in [-0.4, -0.2) is 19.1 Å². The molecule has 1 unspecified atom stereocenters. The van der Waals surface area contributed by atoms with Crippen molar-refractivity contribution in [3.8, 4) is 0 Å². The van der Waals surface area contributed by atoms with Crippen LogP contribution >= 0.6 is 0 Å². The van der Waals surface area contributed by atoms with Crippen molar-refractivity contribution in [1.82, 2.24) is 5.32 Å². The third-order valence-electron chi connectivity index (χ3n) is 4.06. The fourth-order valence-electron chi connectivity index (χ4n) is 2.78. The first-order chi connectivity index (χ1) is 9.54. The van der Waals surface area contributed by atoms with Gasteiger partial charge in [-0.2, -0.15) is 0 Å². The van der Waals surface area contributed by atoms with E-state index in [1.54, 1.807) is 6.07 Å². The number of hydrogen-bond acceptors (Lipinski definition) is 2. The summed E-state index contributed by atoms with van der Waals surface area (Å²) in [5, 5.41) is 3.34. The monoisotopic (exact) mass is 278 g/mol. The van der Waals surface area contributed by atoms with Gasteiger partial charge in [-0.05, 0) is 58.2 Å². The van der Waals surface area contributed by atoms with Gasteiger partial charge in [0.05, 0.1) is 0 Å². The van der Waals surface area contributed by atoms with E-state index in [0.29, 0.717) is 6.04 Å². The SMILES string of the molecule is CCNC(C)c1c(F)cccc1N(CC1CC1)C(C)C. The van der Waals surface area contributed by atoms with Crippen molar-refractivity contribution in [1.29, 1.82) is 0 Å².